The second-order valence-corrected chi connectivity index (χ2v) is 6.63. The summed E-state index contributed by atoms with van der Waals surface area (Å²) < 4.78 is 0. The van der Waals surface area contributed by atoms with E-state index in [1.54, 1.807) is 0 Å². The Kier molecular flexibility index (Phi) is 6.07. The lowest BCUT2D eigenvalue weighted by Gasteiger charge is -2.25. The molecule has 1 aromatic heterocycles. The minimum atomic E-state index is -1.29. The molecule has 0 aliphatic rings. The first-order valence-corrected chi connectivity index (χ1v) is 7.73. The van der Waals surface area contributed by atoms with Gasteiger partial charge in [-0.2, -0.15) is 0 Å². The number of rotatable bonds is 7. The van der Waals surface area contributed by atoms with Gasteiger partial charge in [-0.1, -0.05) is 38.5 Å². The van der Waals surface area contributed by atoms with Crippen LogP contribution in [0.5, 0.6) is 0 Å². The van der Waals surface area contributed by atoms with Gasteiger partial charge >= 0.3 is 12.0 Å². The SMILES string of the molecule is CCCC(C)(NC(=O)Nc1nnc(CC(C)C)s1)C(=O)O. The van der Waals surface area contributed by atoms with Gasteiger partial charge in [-0.05, 0) is 19.3 Å². The Labute approximate surface area is 128 Å². The molecule has 0 aliphatic carbocycles. The first kappa shape index (κ1) is 17.4. The summed E-state index contributed by atoms with van der Waals surface area (Å²) in [5, 5.41) is 23.3. The van der Waals surface area contributed by atoms with E-state index in [9.17, 15) is 14.7 Å². The molecule has 8 heteroatoms. The summed E-state index contributed by atoms with van der Waals surface area (Å²) in [6, 6.07) is -0.583. The van der Waals surface area contributed by atoms with Crippen LogP contribution >= 0.6 is 11.3 Å². The Morgan fingerprint density at radius 2 is 2.05 bits per heavy atom. The van der Waals surface area contributed by atoms with E-state index in [0.29, 0.717) is 23.9 Å². The van der Waals surface area contributed by atoms with Crippen LogP contribution in [0.15, 0.2) is 0 Å². The van der Waals surface area contributed by atoms with Gasteiger partial charge in [-0.25, -0.2) is 9.59 Å². The minimum absolute atomic E-state index is 0.352. The molecule has 0 saturated carbocycles. The predicted molar refractivity (Wildman–Crippen MR) is 81.6 cm³/mol. The number of carboxylic acids is 1. The number of hydrogen-bond acceptors (Lipinski definition) is 5. The molecule has 0 aromatic carbocycles. The summed E-state index contributed by atoms with van der Waals surface area (Å²) in [7, 11) is 0. The number of hydrogen-bond donors (Lipinski definition) is 3. The maximum atomic E-state index is 11.9. The summed E-state index contributed by atoms with van der Waals surface area (Å²) in [6.45, 7) is 7.50. The van der Waals surface area contributed by atoms with Crippen molar-refractivity contribution in [1.82, 2.24) is 15.5 Å². The molecular weight excluding hydrogens is 292 g/mol. The molecule has 0 spiro atoms. The van der Waals surface area contributed by atoms with Crippen LogP contribution in [-0.2, 0) is 11.2 Å². The van der Waals surface area contributed by atoms with Crippen LogP contribution in [0.4, 0.5) is 9.93 Å². The van der Waals surface area contributed by atoms with E-state index in [4.69, 9.17) is 0 Å². The molecule has 0 bridgehead atoms. The Bertz CT molecular complexity index is 503. The third-order valence-electron chi connectivity index (χ3n) is 2.88. The lowest BCUT2D eigenvalue weighted by atomic mass is 9.97. The van der Waals surface area contributed by atoms with Crippen LogP contribution in [-0.4, -0.2) is 32.8 Å². The zero-order chi connectivity index (χ0) is 16.0. The highest BCUT2D eigenvalue weighted by Crippen LogP contribution is 2.19. The summed E-state index contributed by atoms with van der Waals surface area (Å²) in [5.41, 5.74) is -1.29. The highest BCUT2D eigenvalue weighted by molar-refractivity contribution is 7.15. The number of urea groups is 1. The van der Waals surface area contributed by atoms with Gasteiger partial charge in [0.05, 0.1) is 0 Å². The van der Waals surface area contributed by atoms with Crippen LogP contribution < -0.4 is 10.6 Å². The first-order chi connectivity index (χ1) is 9.76. The molecule has 118 valence electrons. The van der Waals surface area contributed by atoms with E-state index < -0.39 is 17.5 Å². The monoisotopic (exact) mass is 314 g/mol. The van der Waals surface area contributed by atoms with E-state index in [1.807, 2.05) is 6.92 Å². The van der Waals surface area contributed by atoms with Crippen LogP contribution in [0.3, 0.4) is 0 Å². The number of amides is 2. The average Bonchev–Trinajstić information content (AvgIpc) is 2.75. The summed E-state index contributed by atoms with van der Waals surface area (Å²) in [5.74, 6) is -0.600. The van der Waals surface area contributed by atoms with Gasteiger partial charge in [-0.3, -0.25) is 5.32 Å². The van der Waals surface area contributed by atoms with E-state index in [1.165, 1.54) is 18.3 Å². The maximum Gasteiger partial charge on any atom is 0.329 e. The Morgan fingerprint density at radius 1 is 1.38 bits per heavy atom. The molecule has 0 radical (unpaired) electrons. The van der Waals surface area contributed by atoms with Gasteiger partial charge in [-0.15, -0.1) is 10.2 Å². The smallest absolute Gasteiger partial charge is 0.329 e. The molecule has 2 amide bonds. The van der Waals surface area contributed by atoms with Crippen LogP contribution in [0.2, 0.25) is 0 Å². The highest BCUT2D eigenvalue weighted by Gasteiger charge is 2.34. The van der Waals surface area contributed by atoms with Gasteiger partial charge in [0.2, 0.25) is 5.13 Å². The third kappa shape index (κ3) is 5.30. The van der Waals surface area contributed by atoms with E-state index in [-0.39, 0.29) is 0 Å². The van der Waals surface area contributed by atoms with E-state index in [0.717, 1.165) is 11.4 Å². The standard InChI is InChI=1S/C13H22N4O3S/c1-5-6-13(4,10(18)19)15-11(20)14-12-17-16-9(21-12)7-8(2)3/h8H,5-7H2,1-4H3,(H,18,19)(H2,14,15,17,20). The molecule has 0 saturated heterocycles. The lowest BCUT2D eigenvalue weighted by Crippen LogP contribution is -2.53. The fraction of sp³-hybridized carbons (Fsp3) is 0.692. The van der Waals surface area contributed by atoms with Crippen LogP contribution in [0.25, 0.3) is 0 Å². The van der Waals surface area contributed by atoms with Crippen molar-refractivity contribution < 1.29 is 14.7 Å². The molecule has 21 heavy (non-hydrogen) atoms. The van der Waals surface area contributed by atoms with Crippen molar-refractivity contribution in [2.45, 2.75) is 52.5 Å². The Morgan fingerprint density at radius 3 is 2.57 bits per heavy atom. The fourth-order valence-corrected chi connectivity index (χ4v) is 2.78. The quantitative estimate of drug-likeness (QED) is 0.717. The minimum Gasteiger partial charge on any atom is -0.480 e. The summed E-state index contributed by atoms with van der Waals surface area (Å²) in [6.07, 6.45) is 1.80. The van der Waals surface area contributed by atoms with Crippen molar-refractivity contribution in [2.24, 2.45) is 5.92 Å². The van der Waals surface area contributed by atoms with Crippen LogP contribution in [0.1, 0.15) is 45.5 Å². The van der Waals surface area contributed by atoms with Gasteiger partial charge in [0, 0.05) is 6.42 Å². The molecule has 0 aliphatic heterocycles. The number of carbonyl (C=O) groups is 2. The number of aliphatic carboxylic acids is 1. The van der Waals surface area contributed by atoms with Crippen molar-refractivity contribution in [3.05, 3.63) is 5.01 Å². The maximum absolute atomic E-state index is 11.9. The second kappa shape index (κ2) is 7.35. The van der Waals surface area contributed by atoms with Crippen molar-refractivity contribution in [2.75, 3.05) is 5.32 Å². The largest absolute Gasteiger partial charge is 0.480 e. The highest BCUT2D eigenvalue weighted by atomic mass is 32.1. The van der Waals surface area contributed by atoms with Crippen molar-refractivity contribution in [3.8, 4) is 0 Å². The number of nitrogens with zero attached hydrogens (tertiary/aromatic N) is 2. The number of carboxylic acid groups (broad SMARTS) is 1. The molecule has 1 atom stereocenters. The van der Waals surface area contributed by atoms with Crippen molar-refractivity contribution in [3.63, 3.8) is 0 Å². The number of nitrogens with one attached hydrogen (secondary N) is 2. The number of aromatic nitrogens is 2. The molecule has 7 nitrogen and oxygen atoms in total. The summed E-state index contributed by atoms with van der Waals surface area (Å²) in [4.78, 5) is 23.1. The topological polar surface area (TPSA) is 104 Å². The zero-order valence-corrected chi connectivity index (χ0v) is 13.6. The van der Waals surface area contributed by atoms with Gasteiger partial charge in [0.25, 0.3) is 0 Å². The van der Waals surface area contributed by atoms with Gasteiger partial charge in [0.1, 0.15) is 10.5 Å². The molecule has 1 rings (SSSR count). The fourth-order valence-electron chi connectivity index (χ4n) is 1.84. The lowest BCUT2D eigenvalue weighted by molar-refractivity contribution is -0.143. The average molecular weight is 314 g/mol. The van der Waals surface area contributed by atoms with Crippen LogP contribution in [0, 0.1) is 5.92 Å². The first-order valence-electron chi connectivity index (χ1n) is 6.91. The van der Waals surface area contributed by atoms with Gasteiger partial charge in [0.15, 0.2) is 0 Å². The molecule has 1 aromatic rings. The normalized spacial score (nSPS) is 13.8. The predicted octanol–water partition coefficient (Wildman–Crippen LogP) is 2.50. The molecular formula is C13H22N4O3S. The Hall–Kier alpha value is -1.70. The third-order valence-corrected chi connectivity index (χ3v) is 3.74. The van der Waals surface area contributed by atoms with Crippen molar-refractivity contribution >= 4 is 28.5 Å². The number of carbonyl (C=O) groups excluding carboxylic acids is 1. The molecule has 1 heterocycles. The molecule has 3 N–H and O–H groups in total. The Balaban J connectivity index is 2.64. The number of anilines is 1. The molecule has 1 unspecified atom stereocenters. The summed E-state index contributed by atoms with van der Waals surface area (Å²) >= 11 is 1.30. The molecule has 0 fully saturated rings. The zero-order valence-electron chi connectivity index (χ0n) is 12.8. The van der Waals surface area contributed by atoms with E-state index in [2.05, 4.69) is 34.7 Å². The van der Waals surface area contributed by atoms with Gasteiger partial charge < -0.3 is 10.4 Å². The van der Waals surface area contributed by atoms with E-state index >= 15 is 0 Å². The second-order valence-electron chi connectivity index (χ2n) is 5.57. The van der Waals surface area contributed by atoms with Crippen molar-refractivity contribution in [1.29, 1.82) is 0 Å².